The normalized spacial score (nSPS) is 18.7. The molecule has 1 amide bonds. The summed E-state index contributed by atoms with van der Waals surface area (Å²) in [5.74, 6) is 0.268. The van der Waals surface area contributed by atoms with Crippen LogP contribution < -0.4 is 5.73 Å². The van der Waals surface area contributed by atoms with Gasteiger partial charge in [0.2, 0.25) is 0 Å². The first-order chi connectivity index (χ1) is 8.37. The molecule has 1 aromatic heterocycles. The molecule has 2 heterocycles. The topological polar surface area (TPSA) is 59.2 Å². The summed E-state index contributed by atoms with van der Waals surface area (Å²) in [5, 5.41) is 0.260. The lowest BCUT2D eigenvalue weighted by Gasteiger charge is -2.36. The Balaban J connectivity index is 2.12. The number of likely N-dealkylation sites (tertiary alicyclic amines) is 1. The Bertz CT molecular complexity index is 443. The van der Waals surface area contributed by atoms with E-state index in [0.717, 1.165) is 25.9 Å². The zero-order valence-corrected chi connectivity index (χ0v) is 11.5. The van der Waals surface area contributed by atoms with Crippen LogP contribution in [0.15, 0.2) is 12.1 Å². The number of hydrogen-bond donors (Lipinski definition) is 1. The first kappa shape index (κ1) is 13.1. The van der Waals surface area contributed by atoms with Crippen molar-refractivity contribution in [3.8, 4) is 0 Å². The highest BCUT2D eigenvalue weighted by atomic mass is 35.5. The molecule has 0 aliphatic carbocycles. The Kier molecular flexibility index (Phi) is 3.48. The molecule has 1 fully saturated rings. The van der Waals surface area contributed by atoms with Crippen LogP contribution in [0.5, 0.6) is 0 Å². The van der Waals surface area contributed by atoms with Gasteiger partial charge in [0.05, 0.1) is 0 Å². The summed E-state index contributed by atoms with van der Waals surface area (Å²) in [6.45, 7) is 6.03. The third kappa shape index (κ3) is 2.93. The predicted octanol–water partition coefficient (Wildman–Crippen LogP) is 2.58. The van der Waals surface area contributed by atoms with Crippen LogP contribution in [0.1, 0.15) is 37.0 Å². The molecule has 2 N–H and O–H groups in total. The number of amides is 1. The van der Waals surface area contributed by atoms with Crippen LogP contribution >= 0.6 is 11.6 Å². The average Bonchev–Trinajstić information content (AvgIpc) is 2.27. The molecule has 0 radical (unpaired) electrons. The van der Waals surface area contributed by atoms with Crippen molar-refractivity contribution in [3.05, 3.63) is 22.8 Å². The Hall–Kier alpha value is -1.29. The predicted molar refractivity (Wildman–Crippen MR) is 72.6 cm³/mol. The summed E-state index contributed by atoms with van der Waals surface area (Å²) in [7, 11) is 0. The molecule has 0 spiro atoms. The number of hydrogen-bond acceptors (Lipinski definition) is 3. The van der Waals surface area contributed by atoms with E-state index < -0.39 is 0 Å². The van der Waals surface area contributed by atoms with Crippen molar-refractivity contribution in [2.45, 2.75) is 26.7 Å². The number of nitrogens with zero attached hydrogens (tertiary/aromatic N) is 2. The monoisotopic (exact) mass is 267 g/mol. The smallest absolute Gasteiger partial charge is 0.254 e. The minimum absolute atomic E-state index is 0.0125. The number of aromatic nitrogens is 1. The van der Waals surface area contributed by atoms with E-state index in [1.54, 1.807) is 12.1 Å². The maximum atomic E-state index is 12.3. The van der Waals surface area contributed by atoms with Gasteiger partial charge in [-0.3, -0.25) is 4.79 Å². The van der Waals surface area contributed by atoms with E-state index >= 15 is 0 Å². The van der Waals surface area contributed by atoms with Crippen LogP contribution in [0.2, 0.25) is 5.15 Å². The Morgan fingerprint density at radius 3 is 2.56 bits per heavy atom. The zero-order chi connectivity index (χ0) is 13.3. The van der Waals surface area contributed by atoms with Gasteiger partial charge < -0.3 is 10.6 Å². The standard InChI is InChI=1S/C13H18ClN3O/c1-13(2)3-5-17(6-4-13)12(18)9-7-10(14)16-11(15)8-9/h7-8H,3-6H2,1-2H3,(H2,15,16). The summed E-state index contributed by atoms with van der Waals surface area (Å²) in [4.78, 5) is 18.0. The van der Waals surface area contributed by atoms with Gasteiger partial charge in [0.25, 0.3) is 5.91 Å². The molecule has 0 unspecified atom stereocenters. The lowest BCUT2D eigenvalue weighted by molar-refractivity contribution is 0.0630. The van der Waals surface area contributed by atoms with Gasteiger partial charge in [-0.2, -0.15) is 0 Å². The maximum Gasteiger partial charge on any atom is 0.254 e. The highest BCUT2D eigenvalue weighted by molar-refractivity contribution is 6.29. The van der Waals surface area contributed by atoms with Gasteiger partial charge in [0.15, 0.2) is 0 Å². The van der Waals surface area contributed by atoms with Gasteiger partial charge in [0.1, 0.15) is 11.0 Å². The largest absolute Gasteiger partial charge is 0.384 e. The van der Waals surface area contributed by atoms with E-state index in [1.165, 1.54) is 0 Å². The molecule has 0 bridgehead atoms. The first-order valence-electron chi connectivity index (χ1n) is 6.10. The Labute approximate surface area is 112 Å². The van der Waals surface area contributed by atoms with Crippen LogP contribution in [0.4, 0.5) is 5.82 Å². The molecular weight excluding hydrogens is 250 g/mol. The van der Waals surface area contributed by atoms with Gasteiger partial charge in [-0.25, -0.2) is 4.98 Å². The fourth-order valence-corrected chi connectivity index (χ4v) is 2.35. The molecule has 18 heavy (non-hydrogen) atoms. The van der Waals surface area contributed by atoms with E-state index in [9.17, 15) is 4.79 Å². The van der Waals surface area contributed by atoms with Crippen molar-refractivity contribution < 1.29 is 4.79 Å². The molecule has 98 valence electrons. The number of rotatable bonds is 1. The molecule has 0 atom stereocenters. The molecule has 1 aliphatic heterocycles. The van der Waals surface area contributed by atoms with E-state index in [1.807, 2.05) is 4.90 Å². The summed E-state index contributed by atoms with van der Waals surface area (Å²) < 4.78 is 0. The molecule has 2 rings (SSSR count). The number of nitrogen functional groups attached to an aromatic ring is 1. The van der Waals surface area contributed by atoms with Crippen molar-refractivity contribution in [2.75, 3.05) is 18.8 Å². The molecule has 4 nitrogen and oxygen atoms in total. The number of anilines is 1. The number of halogens is 1. The van der Waals surface area contributed by atoms with E-state index in [-0.39, 0.29) is 16.9 Å². The van der Waals surface area contributed by atoms with E-state index in [2.05, 4.69) is 18.8 Å². The van der Waals surface area contributed by atoms with E-state index in [4.69, 9.17) is 17.3 Å². The highest BCUT2D eigenvalue weighted by Gasteiger charge is 2.28. The van der Waals surface area contributed by atoms with Crippen molar-refractivity contribution in [3.63, 3.8) is 0 Å². The third-order valence-electron chi connectivity index (χ3n) is 3.47. The van der Waals surface area contributed by atoms with Crippen LogP contribution in [0.25, 0.3) is 0 Å². The molecule has 5 heteroatoms. The van der Waals surface area contributed by atoms with Crippen LogP contribution in [0.3, 0.4) is 0 Å². The van der Waals surface area contributed by atoms with Gasteiger partial charge in [0, 0.05) is 18.7 Å². The van der Waals surface area contributed by atoms with Gasteiger partial charge in [-0.05, 0) is 30.4 Å². The molecule has 0 saturated carbocycles. The second-order valence-electron chi connectivity index (χ2n) is 5.56. The van der Waals surface area contributed by atoms with Crippen LogP contribution in [-0.2, 0) is 0 Å². The van der Waals surface area contributed by atoms with Gasteiger partial charge in [-0.1, -0.05) is 25.4 Å². The Morgan fingerprint density at radius 2 is 2.00 bits per heavy atom. The lowest BCUT2D eigenvalue weighted by atomic mass is 9.82. The minimum atomic E-state index is -0.0125. The SMILES string of the molecule is CC1(C)CCN(C(=O)c2cc(N)nc(Cl)c2)CC1. The maximum absolute atomic E-state index is 12.3. The minimum Gasteiger partial charge on any atom is -0.384 e. The van der Waals surface area contributed by atoms with E-state index in [0.29, 0.717) is 11.0 Å². The van der Waals surface area contributed by atoms with Crippen molar-refractivity contribution >= 4 is 23.3 Å². The highest BCUT2D eigenvalue weighted by Crippen LogP contribution is 2.30. The summed E-state index contributed by atoms with van der Waals surface area (Å²) in [6.07, 6.45) is 2.04. The number of carbonyl (C=O) groups excluding carboxylic acids is 1. The zero-order valence-electron chi connectivity index (χ0n) is 10.7. The lowest BCUT2D eigenvalue weighted by Crippen LogP contribution is -2.41. The van der Waals surface area contributed by atoms with Gasteiger partial charge in [-0.15, -0.1) is 0 Å². The summed E-state index contributed by atoms with van der Waals surface area (Å²) in [6, 6.07) is 3.15. The molecule has 1 aromatic rings. The molecule has 1 saturated heterocycles. The number of nitrogens with two attached hydrogens (primary N) is 1. The van der Waals surface area contributed by atoms with Gasteiger partial charge >= 0.3 is 0 Å². The number of pyridine rings is 1. The van der Waals surface area contributed by atoms with Crippen LogP contribution in [-0.4, -0.2) is 28.9 Å². The fourth-order valence-electron chi connectivity index (χ4n) is 2.14. The fraction of sp³-hybridized carbons (Fsp3) is 0.538. The number of piperidine rings is 1. The molecule has 1 aliphatic rings. The summed E-state index contributed by atoms with van der Waals surface area (Å²) in [5.41, 5.74) is 6.45. The second-order valence-corrected chi connectivity index (χ2v) is 5.95. The average molecular weight is 268 g/mol. The van der Waals surface area contributed by atoms with Crippen molar-refractivity contribution in [1.82, 2.24) is 9.88 Å². The third-order valence-corrected chi connectivity index (χ3v) is 3.66. The van der Waals surface area contributed by atoms with Crippen LogP contribution in [0, 0.1) is 5.41 Å². The first-order valence-corrected chi connectivity index (χ1v) is 6.47. The summed E-state index contributed by atoms with van der Waals surface area (Å²) >= 11 is 5.82. The molecular formula is C13H18ClN3O. The number of carbonyl (C=O) groups is 1. The molecule has 0 aromatic carbocycles. The Morgan fingerprint density at radius 1 is 1.39 bits per heavy atom. The quantitative estimate of drug-likeness (QED) is 0.796. The second kappa shape index (κ2) is 4.76. The van der Waals surface area contributed by atoms with Crippen molar-refractivity contribution in [2.24, 2.45) is 5.41 Å². The van der Waals surface area contributed by atoms with Crippen molar-refractivity contribution in [1.29, 1.82) is 0 Å².